The van der Waals surface area contributed by atoms with Gasteiger partial charge in [0.15, 0.2) is 0 Å². The van der Waals surface area contributed by atoms with Crippen molar-refractivity contribution in [1.82, 2.24) is 4.98 Å². The molecule has 3 rings (SSSR count). The standard InChI is InChI=1S/C20H18N2OS/c1-15-21-18(14-24-15)11-12-20(23)22-19-10-6-5-9-17(19)13-16-7-3-2-4-8-16/h2-12,14H,13H2,1H3,(H,22,23)/b12-11+. The first kappa shape index (κ1) is 16.1. The van der Waals surface area contributed by atoms with Crippen LogP contribution in [-0.2, 0) is 11.2 Å². The third-order valence-corrected chi connectivity index (χ3v) is 4.35. The van der Waals surface area contributed by atoms with E-state index in [1.807, 2.05) is 54.8 Å². The molecule has 24 heavy (non-hydrogen) atoms. The number of hydrogen-bond donors (Lipinski definition) is 1. The van der Waals surface area contributed by atoms with Crippen LogP contribution in [0.2, 0.25) is 0 Å². The molecule has 1 heterocycles. The first-order chi connectivity index (χ1) is 11.7. The van der Waals surface area contributed by atoms with Gasteiger partial charge in [-0.2, -0.15) is 0 Å². The summed E-state index contributed by atoms with van der Waals surface area (Å²) in [5.41, 5.74) is 3.96. The fraction of sp³-hybridized carbons (Fsp3) is 0.100. The fourth-order valence-corrected chi connectivity index (χ4v) is 2.99. The number of aromatic nitrogens is 1. The summed E-state index contributed by atoms with van der Waals surface area (Å²) in [5.74, 6) is -0.152. The molecule has 0 bridgehead atoms. The van der Waals surface area contributed by atoms with E-state index in [-0.39, 0.29) is 5.91 Å². The Labute approximate surface area is 145 Å². The third-order valence-electron chi connectivity index (χ3n) is 3.55. The molecule has 0 radical (unpaired) electrons. The number of amides is 1. The third kappa shape index (κ3) is 4.40. The topological polar surface area (TPSA) is 42.0 Å². The number of carbonyl (C=O) groups excluding carboxylic acids is 1. The van der Waals surface area contributed by atoms with Gasteiger partial charge < -0.3 is 5.32 Å². The molecule has 0 saturated carbocycles. The number of hydrogen-bond acceptors (Lipinski definition) is 3. The van der Waals surface area contributed by atoms with E-state index in [4.69, 9.17) is 0 Å². The molecular weight excluding hydrogens is 316 g/mol. The number of rotatable bonds is 5. The zero-order valence-corrected chi connectivity index (χ0v) is 14.2. The molecule has 0 atom stereocenters. The van der Waals surface area contributed by atoms with E-state index in [2.05, 4.69) is 22.4 Å². The number of thiazole rings is 1. The van der Waals surface area contributed by atoms with Gasteiger partial charge in [0.25, 0.3) is 0 Å². The number of nitrogens with zero attached hydrogens (tertiary/aromatic N) is 1. The summed E-state index contributed by atoms with van der Waals surface area (Å²) in [5, 5.41) is 5.88. The second-order valence-corrected chi connectivity index (χ2v) is 6.50. The molecule has 0 aliphatic carbocycles. The van der Waals surface area contributed by atoms with Crippen molar-refractivity contribution in [2.45, 2.75) is 13.3 Å². The van der Waals surface area contributed by atoms with Gasteiger partial charge in [-0.15, -0.1) is 11.3 Å². The Morgan fingerprint density at radius 1 is 1.12 bits per heavy atom. The zero-order chi connectivity index (χ0) is 16.8. The molecular formula is C20H18N2OS. The molecule has 4 heteroatoms. The highest BCUT2D eigenvalue weighted by atomic mass is 32.1. The van der Waals surface area contributed by atoms with E-state index in [1.165, 1.54) is 11.6 Å². The van der Waals surface area contributed by atoms with E-state index in [1.54, 1.807) is 17.4 Å². The molecule has 3 aromatic rings. The second-order valence-electron chi connectivity index (χ2n) is 5.43. The molecule has 0 spiro atoms. The molecule has 1 N–H and O–H groups in total. The van der Waals surface area contributed by atoms with E-state index in [9.17, 15) is 4.79 Å². The van der Waals surface area contributed by atoms with Gasteiger partial charge in [0.1, 0.15) is 0 Å². The molecule has 3 nitrogen and oxygen atoms in total. The lowest BCUT2D eigenvalue weighted by molar-refractivity contribution is -0.111. The maximum absolute atomic E-state index is 12.2. The first-order valence-corrected chi connectivity index (χ1v) is 8.62. The Hall–Kier alpha value is -2.72. The molecule has 0 fully saturated rings. The Morgan fingerprint density at radius 3 is 2.62 bits per heavy atom. The van der Waals surface area contributed by atoms with Crippen LogP contribution in [0, 0.1) is 6.92 Å². The smallest absolute Gasteiger partial charge is 0.248 e. The Bertz CT molecular complexity index is 853. The minimum absolute atomic E-state index is 0.152. The van der Waals surface area contributed by atoms with Crippen LogP contribution in [0.5, 0.6) is 0 Å². The summed E-state index contributed by atoms with van der Waals surface area (Å²) in [6.07, 6.45) is 4.04. The van der Waals surface area contributed by atoms with Crippen molar-refractivity contribution in [3.63, 3.8) is 0 Å². The fourth-order valence-electron chi connectivity index (χ4n) is 2.40. The van der Waals surface area contributed by atoms with Crippen molar-refractivity contribution in [3.8, 4) is 0 Å². The van der Waals surface area contributed by atoms with Gasteiger partial charge in [0.2, 0.25) is 5.91 Å². The molecule has 0 unspecified atom stereocenters. The summed E-state index contributed by atoms with van der Waals surface area (Å²) in [6.45, 7) is 1.95. The SMILES string of the molecule is Cc1nc(/C=C/C(=O)Nc2ccccc2Cc2ccccc2)cs1. The van der Waals surface area contributed by atoms with Crippen LogP contribution in [0.4, 0.5) is 5.69 Å². The first-order valence-electron chi connectivity index (χ1n) is 7.74. The predicted molar refractivity (Wildman–Crippen MR) is 100 cm³/mol. The summed E-state index contributed by atoms with van der Waals surface area (Å²) >= 11 is 1.57. The number of para-hydroxylation sites is 1. The highest BCUT2D eigenvalue weighted by Crippen LogP contribution is 2.19. The van der Waals surface area contributed by atoms with Gasteiger partial charge in [0, 0.05) is 17.1 Å². The van der Waals surface area contributed by atoms with Gasteiger partial charge in [-0.3, -0.25) is 4.79 Å². The second kappa shape index (κ2) is 7.70. The van der Waals surface area contributed by atoms with Gasteiger partial charge in [-0.1, -0.05) is 48.5 Å². The lowest BCUT2D eigenvalue weighted by Gasteiger charge is -2.10. The molecule has 1 aromatic heterocycles. The van der Waals surface area contributed by atoms with Gasteiger partial charge in [-0.05, 0) is 36.6 Å². The van der Waals surface area contributed by atoms with Crippen molar-refractivity contribution in [1.29, 1.82) is 0 Å². The van der Waals surface area contributed by atoms with Gasteiger partial charge >= 0.3 is 0 Å². The normalized spacial score (nSPS) is 10.9. The average Bonchev–Trinajstić information content (AvgIpc) is 3.01. The number of aryl methyl sites for hydroxylation is 1. The largest absolute Gasteiger partial charge is 0.322 e. The highest BCUT2D eigenvalue weighted by Gasteiger charge is 2.05. The van der Waals surface area contributed by atoms with E-state index < -0.39 is 0 Å². The maximum atomic E-state index is 12.2. The number of nitrogens with one attached hydrogen (secondary N) is 1. The number of benzene rings is 2. The Kier molecular flexibility index (Phi) is 5.18. The summed E-state index contributed by atoms with van der Waals surface area (Å²) in [7, 11) is 0. The number of anilines is 1. The lowest BCUT2D eigenvalue weighted by Crippen LogP contribution is -2.10. The Balaban J connectivity index is 1.70. The van der Waals surface area contributed by atoms with Crippen molar-refractivity contribution in [3.05, 3.63) is 87.9 Å². The van der Waals surface area contributed by atoms with Crippen LogP contribution in [0.1, 0.15) is 21.8 Å². The molecule has 2 aromatic carbocycles. The average molecular weight is 334 g/mol. The van der Waals surface area contributed by atoms with Crippen LogP contribution in [0.25, 0.3) is 6.08 Å². The van der Waals surface area contributed by atoms with Crippen LogP contribution < -0.4 is 5.32 Å². The van der Waals surface area contributed by atoms with Gasteiger partial charge in [-0.25, -0.2) is 4.98 Å². The molecule has 120 valence electrons. The quantitative estimate of drug-likeness (QED) is 0.688. The highest BCUT2D eigenvalue weighted by molar-refractivity contribution is 7.09. The van der Waals surface area contributed by atoms with E-state index in [0.717, 1.165) is 28.4 Å². The van der Waals surface area contributed by atoms with Crippen molar-refractivity contribution < 1.29 is 4.79 Å². The Morgan fingerprint density at radius 2 is 1.88 bits per heavy atom. The lowest BCUT2D eigenvalue weighted by atomic mass is 10.0. The van der Waals surface area contributed by atoms with Crippen LogP contribution in [0.3, 0.4) is 0 Å². The number of carbonyl (C=O) groups is 1. The maximum Gasteiger partial charge on any atom is 0.248 e. The minimum atomic E-state index is -0.152. The zero-order valence-electron chi connectivity index (χ0n) is 13.4. The minimum Gasteiger partial charge on any atom is -0.322 e. The van der Waals surface area contributed by atoms with Crippen molar-refractivity contribution in [2.75, 3.05) is 5.32 Å². The van der Waals surface area contributed by atoms with Crippen LogP contribution >= 0.6 is 11.3 Å². The molecule has 0 aliphatic rings. The van der Waals surface area contributed by atoms with Crippen LogP contribution in [0.15, 0.2) is 66.1 Å². The monoisotopic (exact) mass is 334 g/mol. The predicted octanol–water partition coefficient (Wildman–Crippen LogP) is 4.69. The van der Waals surface area contributed by atoms with E-state index >= 15 is 0 Å². The summed E-state index contributed by atoms with van der Waals surface area (Å²) in [4.78, 5) is 16.5. The summed E-state index contributed by atoms with van der Waals surface area (Å²) < 4.78 is 0. The van der Waals surface area contributed by atoms with Crippen LogP contribution in [-0.4, -0.2) is 10.9 Å². The van der Waals surface area contributed by atoms with Gasteiger partial charge in [0.05, 0.1) is 10.7 Å². The molecule has 0 saturated heterocycles. The van der Waals surface area contributed by atoms with Crippen molar-refractivity contribution in [2.24, 2.45) is 0 Å². The van der Waals surface area contributed by atoms with Crippen molar-refractivity contribution >= 4 is 29.0 Å². The molecule has 1 amide bonds. The van der Waals surface area contributed by atoms with E-state index in [0.29, 0.717) is 0 Å². The molecule has 0 aliphatic heterocycles. The summed E-state index contributed by atoms with van der Waals surface area (Å²) in [6, 6.07) is 18.1.